The SMILES string of the molecule is O=C1c2ccccc2C(Nc2cccc(Cl)c2Cl)N1c1cccnc1. The third-order valence-electron chi connectivity index (χ3n) is 4.13. The van der Waals surface area contributed by atoms with Gasteiger partial charge in [-0.1, -0.05) is 47.5 Å². The van der Waals surface area contributed by atoms with Crippen LogP contribution in [0.25, 0.3) is 0 Å². The van der Waals surface area contributed by atoms with E-state index in [1.165, 1.54) is 0 Å². The summed E-state index contributed by atoms with van der Waals surface area (Å²) in [6, 6.07) is 16.5. The number of nitrogens with zero attached hydrogens (tertiary/aromatic N) is 2. The maximum absolute atomic E-state index is 12.9. The molecule has 0 saturated heterocycles. The van der Waals surface area contributed by atoms with Crippen LogP contribution in [0.1, 0.15) is 22.1 Å². The molecule has 1 unspecified atom stereocenters. The Kier molecular flexibility index (Phi) is 4.07. The molecule has 3 aromatic rings. The summed E-state index contributed by atoms with van der Waals surface area (Å²) < 4.78 is 0. The zero-order chi connectivity index (χ0) is 17.4. The number of carbonyl (C=O) groups excluding carboxylic acids is 1. The molecule has 0 saturated carbocycles. The number of aromatic nitrogens is 1. The minimum atomic E-state index is -0.399. The molecule has 1 amide bonds. The smallest absolute Gasteiger partial charge is 0.260 e. The molecule has 1 N–H and O–H groups in total. The highest BCUT2D eigenvalue weighted by molar-refractivity contribution is 6.43. The largest absolute Gasteiger partial charge is 0.360 e. The minimum absolute atomic E-state index is 0.0840. The van der Waals surface area contributed by atoms with Gasteiger partial charge in [-0.15, -0.1) is 0 Å². The number of amides is 1. The molecule has 0 fully saturated rings. The van der Waals surface area contributed by atoms with Crippen molar-refractivity contribution in [2.24, 2.45) is 0 Å². The van der Waals surface area contributed by atoms with Crippen LogP contribution in [0.4, 0.5) is 11.4 Å². The highest BCUT2D eigenvalue weighted by Gasteiger charge is 2.37. The number of rotatable bonds is 3. The van der Waals surface area contributed by atoms with Crippen LogP contribution in [0.2, 0.25) is 10.0 Å². The van der Waals surface area contributed by atoms with E-state index in [9.17, 15) is 4.79 Å². The lowest BCUT2D eigenvalue weighted by atomic mass is 10.1. The average Bonchev–Trinajstić information content (AvgIpc) is 2.92. The van der Waals surface area contributed by atoms with Crippen molar-refractivity contribution in [3.63, 3.8) is 0 Å². The molecule has 0 radical (unpaired) electrons. The van der Waals surface area contributed by atoms with Gasteiger partial charge in [0.25, 0.3) is 5.91 Å². The van der Waals surface area contributed by atoms with Crippen molar-refractivity contribution in [3.8, 4) is 0 Å². The number of pyridine rings is 1. The summed E-state index contributed by atoms with van der Waals surface area (Å²) >= 11 is 12.4. The van der Waals surface area contributed by atoms with Crippen LogP contribution in [0.3, 0.4) is 0 Å². The molecular weight excluding hydrogens is 357 g/mol. The minimum Gasteiger partial charge on any atom is -0.360 e. The average molecular weight is 370 g/mol. The van der Waals surface area contributed by atoms with Gasteiger partial charge in [-0.25, -0.2) is 0 Å². The van der Waals surface area contributed by atoms with Gasteiger partial charge in [-0.3, -0.25) is 14.7 Å². The van der Waals surface area contributed by atoms with E-state index >= 15 is 0 Å². The van der Waals surface area contributed by atoms with E-state index in [4.69, 9.17) is 23.2 Å². The molecule has 124 valence electrons. The van der Waals surface area contributed by atoms with Crippen molar-refractivity contribution in [2.45, 2.75) is 6.17 Å². The first-order valence-electron chi connectivity index (χ1n) is 7.70. The molecule has 0 spiro atoms. The van der Waals surface area contributed by atoms with Gasteiger partial charge in [-0.05, 0) is 30.3 Å². The highest BCUT2D eigenvalue weighted by Crippen LogP contribution is 2.40. The Labute approximate surface area is 155 Å². The fraction of sp³-hybridized carbons (Fsp3) is 0.0526. The number of hydrogen-bond acceptors (Lipinski definition) is 3. The molecule has 2 aromatic carbocycles. The third-order valence-corrected chi connectivity index (χ3v) is 4.95. The van der Waals surface area contributed by atoms with E-state index in [1.807, 2.05) is 42.5 Å². The number of anilines is 2. The zero-order valence-electron chi connectivity index (χ0n) is 13.0. The maximum atomic E-state index is 12.9. The van der Waals surface area contributed by atoms with Gasteiger partial charge in [0.1, 0.15) is 6.17 Å². The van der Waals surface area contributed by atoms with Gasteiger partial charge in [0.2, 0.25) is 0 Å². The molecule has 2 heterocycles. The van der Waals surface area contributed by atoms with E-state index in [1.54, 1.807) is 29.4 Å². The molecule has 1 aromatic heterocycles. The summed E-state index contributed by atoms with van der Waals surface area (Å²) in [5.41, 5.74) is 2.91. The summed E-state index contributed by atoms with van der Waals surface area (Å²) in [6.45, 7) is 0. The van der Waals surface area contributed by atoms with Gasteiger partial charge in [0, 0.05) is 17.3 Å². The molecule has 0 aliphatic carbocycles. The second-order valence-corrected chi connectivity index (χ2v) is 6.41. The first-order valence-corrected chi connectivity index (χ1v) is 8.45. The van der Waals surface area contributed by atoms with Crippen LogP contribution in [0, 0.1) is 0 Å². The van der Waals surface area contributed by atoms with Crippen molar-refractivity contribution < 1.29 is 4.79 Å². The summed E-state index contributed by atoms with van der Waals surface area (Å²) in [4.78, 5) is 18.8. The fourth-order valence-corrected chi connectivity index (χ4v) is 3.34. The molecular formula is C19H13Cl2N3O. The van der Waals surface area contributed by atoms with Crippen molar-refractivity contribution >= 4 is 40.5 Å². The van der Waals surface area contributed by atoms with Crippen LogP contribution in [0.15, 0.2) is 67.0 Å². The predicted molar refractivity (Wildman–Crippen MR) is 100 cm³/mol. The number of halogens is 2. The van der Waals surface area contributed by atoms with Gasteiger partial charge in [0.15, 0.2) is 0 Å². The fourth-order valence-electron chi connectivity index (χ4n) is 2.98. The first kappa shape index (κ1) is 15.9. The van der Waals surface area contributed by atoms with E-state index in [0.717, 1.165) is 5.56 Å². The van der Waals surface area contributed by atoms with Gasteiger partial charge >= 0.3 is 0 Å². The quantitative estimate of drug-likeness (QED) is 0.693. The normalized spacial score (nSPS) is 16.0. The van der Waals surface area contributed by atoms with Crippen molar-refractivity contribution in [1.82, 2.24) is 4.98 Å². The Balaban J connectivity index is 1.81. The van der Waals surface area contributed by atoms with E-state index in [-0.39, 0.29) is 5.91 Å². The number of hydrogen-bond donors (Lipinski definition) is 1. The van der Waals surface area contributed by atoms with Crippen LogP contribution in [-0.4, -0.2) is 10.9 Å². The molecule has 1 atom stereocenters. The molecule has 6 heteroatoms. The molecule has 4 nitrogen and oxygen atoms in total. The Bertz CT molecular complexity index is 946. The van der Waals surface area contributed by atoms with Crippen LogP contribution >= 0.6 is 23.2 Å². The Morgan fingerprint density at radius 3 is 2.64 bits per heavy atom. The monoisotopic (exact) mass is 369 g/mol. The third kappa shape index (κ3) is 2.73. The first-order chi connectivity index (χ1) is 12.2. The number of nitrogens with one attached hydrogen (secondary N) is 1. The van der Waals surface area contributed by atoms with Crippen LogP contribution in [-0.2, 0) is 0 Å². The lowest BCUT2D eigenvalue weighted by Crippen LogP contribution is -2.32. The molecule has 0 bridgehead atoms. The predicted octanol–water partition coefficient (Wildman–Crippen LogP) is 5.16. The zero-order valence-corrected chi connectivity index (χ0v) is 14.5. The summed E-state index contributed by atoms with van der Waals surface area (Å²) in [5, 5.41) is 4.23. The molecule has 25 heavy (non-hydrogen) atoms. The molecule has 1 aliphatic heterocycles. The van der Waals surface area contributed by atoms with Crippen LogP contribution < -0.4 is 10.2 Å². The van der Waals surface area contributed by atoms with E-state index in [0.29, 0.717) is 27.0 Å². The second-order valence-electron chi connectivity index (χ2n) is 5.62. The number of benzene rings is 2. The van der Waals surface area contributed by atoms with E-state index in [2.05, 4.69) is 10.3 Å². The topological polar surface area (TPSA) is 45.2 Å². The Morgan fingerprint density at radius 2 is 1.84 bits per heavy atom. The van der Waals surface area contributed by atoms with Gasteiger partial charge in [0.05, 0.1) is 27.6 Å². The maximum Gasteiger partial charge on any atom is 0.260 e. The Morgan fingerprint density at radius 1 is 1.00 bits per heavy atom. The number of carbonyl (C=O) groups is 1. The van der Waals surface area contributed by atoms with Crippen molar-refractivity contribution in [1.29, 1.82) is 0 Å². The van der Waals surface area contributed by atoms with Crippen LogP contribution in [0.5, 0.6) is 0 Å². The molecule has 1 aliphatic rings. The summed E-state index contributed by atoms with van der Waals surface area (Å²) in [6.07, 6.45) is 2.94. The summed E-state index contributed by atoms with van der Waals surface area (Å²) in [5.74, 6) is -0.0840. The van der Waals surface area contributed by atoms with E-state index < -0.39 is 6.17 Å². The lowest BCUT2D eigenvalue weighted by Gasteiger charge is -2.27. The van der Waals surface area contributed by atoms with Crippen molar-refractivity contribution in [3.05, 3.63) is 88.2 Å². The number of fused-ring (bicyclic) bond motifs is 1. The lowest BCUT2D eigenvalue weighted by molar-refractivity contribution is 0.0993. The molecule has 4 rings (SSSR count). The van der Waals surface area contributed by atoms with Crippen molar-refractivity contribution in [2.75, 3.05) is 10.2 Å². The summed E-state index contributed by atoms with van der Waals surface area (Å²) in [7, 11) is 0. The standard InChI is InChI=1S/C19H13Cl2N3O/c20-15-8-3-9-16(17(15)21)23-18-13-6-1-2-7-14(13)19(25)24(18)12-5-4-10-22-11-12/h1-11,18,23H. The highest BCUT2D eigenvalue weighted by atomic mass is 35.5. The van der Waals surface area contributed by atoms with Gasteiger partial charge < -0.3 is 5.32 Å². The van der Waals surface area contributed by atoms with Gasteiger partial charge in [-0.2, -0.15) is 0 Å². The Hall–Kier alpha value is -2.56. The second kappa shape index (κ2) is 6.39.